The molecule has 2 aromatic carbocycles. The zero-order chi connectivity index (χ0) is 15.7. The van der Waals surface area contributed by atoms with Gasteiger partial charge in [0.15, 0.2) is 0 Å². The zero-order valence-electron chi connectivity index (χ0n) is 12.9. The Hall–Kier alpha value is -2.20. The highest BCUT2D eigenvalue weighted by Gasteiger charge is 2.16. The first-order valence-corrected chi connectivity index (χ1v) is 7.95. The molecule has 0 saturated heterocycles. The molecule has 1 amide bonds. The van der Waals surface area contributed by atoms with Crippen molar-refractivity contribution < 1.29 is 4.79 Å². The zero-order valence-corrected chi connectivity index (χ0v) is 13.7. The van der Waals surface area contributed by atoms with E-state index >= 15 is 0 Å². The molecule has 0 aliphatic carbocycles. The topological polar surface area (TPSA) is 36.1 Å². The second-order valence-corrected chi connectivity index (χ2v) is 6.47. The Labute approximate surface area is 134 Å². The number of aromatic amines is 1. The van der Waals surface area contributed by atoms with Crippen molar-refractivity contribution in [2.24, 2.45) is 0 Å². The van der Waals surface area contributed by atoms with E-state index in [0.29, 0.717) is 0 Å². The highest BCUT2D eigenvalue weighted by molar-refractivity contribution is 7.99. The van der Waals surface area contributed by atoms with E-state index in [1.807, 2.05) is 36.4 Å². The molecule has 22 heavy (non-hydrogen) atoms. The summed E-state index contributed by atoms with van der Waals surface area (Å²) < 4.78 is 0. The van der Waals surface area contributed by atoms with Gasteiger partial charge in [-0.15, -0.1) is 0 Å². The van der Waals surface area contributed by atoms with Gasteiger partial charge in [-0.3, -0.25) is 4.79 Å². The number of rotatable bonds is 3. The van der Waals surface area contributed by atoms with Crippen LogP contribution in [0, 0.1) is 6.92 Å². The molecule has 0 atom stereocenters. The Morgan fingerprint density at radius 1 is 1.05 bits per heavy atom. The smallest absolute Gasteiger partial charge is 0.254 e. The van der Waals surface area contributed by atoms with E-state index < -0.39 is 0 Å². The van der Waals surface area contributed by atoms with Crippen molar-refractivity contribution in [1.82, 2.24) is 9.88 Å². The number of H-pyrrole nitrogens is 1. The van der Waals surface area contributed by atoms with E-state index in [9.17, 15) is 4.79 Å². The average Bonchev–Trinajstić information content (AvgIpc) is 2.83. The number of amides is 1. The lowest BCUT2D eigenvalue weighted by molar-refractivity contribution is 0.0824. The highest BCUT2D eigenvalue weighted by atomic mass is 32.2. The lowest BCUT2D eigenvalue weighted by Gasteiger charge is -2.13. The summed E-state index contributed by atoms with van der Waals surface area (Å²) in [6.45, 7) is 2.07. The molecule has 0 aliphatic rings. The fraction of sp³-hybridized carbons (Fsp3) is 0.167. The van der Waals surface area contributed by atoms with Crippen LogP contribution >= 0.6 is 11.8 Å². The van der Waals surface area contributed by atoms with Crippen LogP contribution in [0.5, 0.6) is 0 Å². The van der Waals surface area contributed by atoms with Crippen LogP contribution in [-0.2, 0) is 0 Å². The van der Waals surface area contributed by atoms with Crippen LogP contribution in [0.25, 0.3) is 10.9 Å². The molecule has 0 spiro atoms. The van der Waals surface area contributed by atoms with Gasteiger partial charge in [0.25, 0.3) is 5.91 Å². The number of aromatic nitrogens is 1. The Kier molecular flexibility index (Phi) is 3.94. The Balaban J connectivity index is 2.06. The summed E-state index contributed by atoms with van der Waals surface area (Å²) in [4.78, 5) is 19.5. The van der Waals surface area contributed by atoms with E-state index in [-0.39, 0.29) is 5.91 Å². The van der Waals surface area contributed by atoms with Crippen LogP contribution in [0.1, 0.15) is 16.1 Å². The second kappa shape index (κ2) is 5.89. The molecule has 1 heterocycles. The van der Waals surface area contributed by atoms with Crippen molar-refractivity contribution >= 4 is 28.6 Å². The maximum atomic E-state index is 12.3. The number of benzene rings is 2. The molecule has 0 aliphatic heterocycles. The molecule has 0 unspecified atom stereocenters. The van der Waals surface area contributed by atoms with Crippen molar-refractivity contribution in [2.45, 2.75) is 16.7 Å². The number of fused-ring (bicyclic) bond motifs is 1. The number of para-hydroxylation sites is 1. The van der Waals surface area contributed by atoms with Crippen molar-refractivity contribution in [3.8, 4) is 0 Å². The van der Waals surface area contributed by atoms with E-state index in [4.69, 9.17) is 0 Å². The van der Waals surface area contributed by atoms with Gasteiger partial charge in [-0.1, -0.05) is 42.1 Å². The number of nitrogens with one attached hydrogen (secondary N) is 1. The van der Waals surface area contributed by atoms with Gasteiger partial charge in [-0.2, -0.15) is 0 Å². The monoisotopic (exact) mass is 310 g/mol. The summed E-state index contributed by atoms with van der Waals surface area (Å²) in [6, 6.07) is 16.0. The van der Waals surface area contributed by atoms with Gasteiger partial charge >= 0.3 is 0 Å². The number of hydrogen-bond acceptors (Lipinski definition) is 2. The normalized spacial score (nSPS) is 10.9. The van der Waals surface area contributed by atoms with E-state index in [0.717, 1.165) is 21.7 Å². The summed E-state index contributed by atoms with van der Waals surface area (Å²) in [5.74, 6) is 0.0283. The first kappa shape index (κ1) is 14.7. The highest BCUT2D eigenvalue weighted by Crippen LogP contribution is 2.37. The van der Waals surface area contributed by atoms with Crippen LogP contribution in [0.2, 0.25) is 0 Å². The number of nitrogens with zero attached hydrogens (tertiary/aromatic N) is 1. The molecule has 3 rings (SSSR count). The maximum absolute atomic E-state index is 12.3. The van der Waals surface area contributed by atoms with Crippen LogP contribution in [0.4, 0.5) is 0 Å². The molecule has 112 valence electrons. The quantitative estimate of drug-likeness (QED) is 0.781. The Bertz CT molecular complexity index is 836. The molecule has 1 aromatic heterocycles. The molecule has 0 fully saturated rings. The minimum atomic E-state index is 0.0283. The standard InChI is InChI=1S/C18H18N2OS/c1-12-17(13-8-4-6-10-15(13)19-12)22-16-11-7-5-9-14(16)18(21)20(2)3/h4-11,19H,1-3H3. The first-order chi connectivity index (χ1) is 10.6. The van der Waals surface area contributed by atoms with Gasteiger partial charge in [0.1, 0.15) is 0 Å². The number of carbonyl (C=O) groups excluding carboxylic acids is 1. The lowest BCUT2D eigenvalue weighted by atomic mass is 10.2. The van der Waals surface area contributed by atoms with Gasteiger partial charge in [0.2, 0.25) is 0 Å². The van der Waals surface area contributed by atoms with Crippen LogP contribution in [0.15, 0.2) is 58.3 Å². The van der Waals surface area contributed by atoms with Crippen molar-refractivity contribution in [1.29, 1.82) is 0 Å². The van der Waals surface area contributed by atoms with Crippen molar-refractivity contribution in [3.63, 3.8) is 0 Å². The molecule has 3 aromatic rings. The van der Waals surface area contributed by atoms with Gasteiger partial charge in [-0.25, -0.2) is 0 Å². The predicted octanol–water partition coefficient (Wildman–Crippen LogP) is 4.33. The minimum Gasteiger partial charge on any atom is -0.358 e. The van der Waals surface area contributed by atoms with E-state index in [1.165, 1.54) is 10.3 Å². The lowest BCUT2D eigenvalue weighted by Crippen LogP contribution is -2.22. The number of hydrogen-bond donors (Lipinski definition) is 1. The summed E-state index contributed by atoms with van der Waals surface area (Å²) >= 11 is 1.64. The molecule has 0 saturated carbocycles. The second-order valence-electron chi connectivity index (χ2n) is 5.42. The van der Waals surface area contributed by atoms with E-state index in [2.05, 4.69) is 24.0 Å². The molecule has 3 nitrogen and oxygen atoms in total. The van der Waals surface area contributed by atoms with Crippen molar-refractivity contribution in [2.75, 3.05) is 14.1 Å². The largest absolute Gasteiger partial charge is 0.358 e. The third-order valence-corrected chi connectivity index (χ3v) is 4.88. The molecule has 4 heteroatoms. The predicted molar refractivity (Wildman–Crippen MR) is 91.6 cm³/mol. The molecular formula is C18H18N2OS. The summed E-state index contributed by atoms with van der Waals surface area (Å²) in [6.07, 6.45) is 0. The molecular weight excluding hydrogens is 292 g/mol. The first-order valence-electron chi connectivity index (χ1n) is 7.14. The van der Waals surface area contributed by atoms with Crippen molar-refractivity contribution in [3.05, 3.63) is 59.8 Å². The third-order valence-electron chi connectivity index (χ3n) is 3.57. The van der Waals surface area contributed by atoms with E-state index in [1.54, 1.807) is 30.8 Å². The average molecular weight is 310 g/mol. The van der Waals surface area contributed by atoms with Crippen LogP contribution in [0.3, 0.4) is 0 Å². The fourth-order valence-electron chi connectivity index (χ4n) is 2.47. The van der Waals surface area contributed by atoms with Gasteiger partial charge in [0.05, 0.1) is 5.56 Å². The van der Waals surface area contributed by atoms with Gasteiger partial charge < -0.3 is 9.88 Å². The fourth-order valence-corrected chi connectivity index (χ4v) is 3.59. The summed E-state index contributed by atoms with van der Waals surface area (Å²) in [7, 11) is 3.56. The number of aryl methyl sites for hydroxylation is 1. The Morgan fingerprint density at radius 3 is 2.50 bits per heavy atom. The summed E-state index contributed by atoms with van der Waals surface area (Å²) in [5, 5.41) is 1.19. The van der Waals surface area contributed by atoms with Crippen LogP contribution < -0.4 is 0 Å². The maximum Gasteiger partial charge on any atom is 0.254 e. The molecule has 1 N–H and O–H groups in total. The SMILES string of the molecule is Cc1[nH]c2ccccc2c1Sc1ccccc1C(=O)N(C)C. The number of carbonyl (C=O) groups is 1. The molecule has 0 bridgehead atoms. The minimum absolute atomic E-state index is 0.0283. The molecule has 0 radical (unpaired) electrons. The van der Waals surface area contributed by atoms with Crippen LogP contribution in [-0.4, -0.2) is 29.9 Å². The summed E-state index contributed by atoms with van der Waals surface area (Å²) in [5.41, 5.74) is 2.99. The van der Waals surface area contributed by atoms with Gasteiger partial charge in [-0.05, 0) is 25.1 Å². The third kappa shape index (κ3) is 2.62. The Morgan fingerprint density at radius 2 is 1.73 bits per heavy atom. The van der Waals surface area contributed by atoms with Gasteiger partial charge in [0, 0.05) is 40.5 Å².